The smallest absolute Gasteiger partial charge is 0.243 e. The molecule has 2 aromatic carbocycles. The molecule has 0 aliphatic carbocycles. The lowest BCUT2D eigenvalue weighted by Gasteiger charge is -2.31. The fourth-order valence-corrected chi connectivity index (χ4v) is 3.79. The number of hydrogen-bond acceptors (Lipinski definition) is 4. The third-order valence-corrected chi connectivity index (χ3v) is 5.89. The largest absolute Gasteiger partial charge is 0.490 e. The van der Waals surface area contributed by atoms with Crippen LogP contribution in [0, 0.1) is 5.82 Å². The van der Waals surface area contributed by atoms with Crippen molar-refractivity contribution >= 4 is 11.8 Å². The molecule has 0 unspecified atom stereocenters. The molecule has 2 atom stereocenters. The van der Waals surface area contributed by atoms with Gasteiger partial charge in [-0.2, -0.15) is 0 Å². The minimum absolute atomic E-state index is 0.0140. The lowest BCUT2D eigenvalue weighted by atomic mass is 10.1. The van der Waals surface area contributed by atoms with Crippen LogP contribution in [0.25, 0.3) is 0 Å². The number of carbonyl (C=O) groups excluding carboxylic acids is 2. The van der Waals surface area contributed by atoms with E-state index in [1.807, 2.05) is 52.8 Å². The van der Waals surface area contributed by atoms with Gasteiger partial charge in [0.15, 0.2) is 11.5 Å². The van der Waals surface area contributed by atoms with Crippen LogP contribution >= 0.6 is 0 Å². The van der Waals surface area contributed by atoms with Crippen LogP contribution in [-0.4, -0.2) is 42.0 Å². The Bertz CT molecular complexity index is 948. The summed E-state index contributed by atoms with van der Waals surface area (Å²) < 4.78 is 24.8. The molecule has 192 valence electrons. The van der Waals surface area contributed by atoms with Crippen molar-refractivity contribution in [2.24, 2.45) is 0 Å². The van der Waals surface area contributed by atoms with Crippen LogP contribution in [-0.2, 0) is 22.6 Å². The van der Waals surface area contributed by atoms with E-state index < -0.39 is 6.04 Å². The zero-order valence-electron chi connectivity index (χ0n) is 21.6. The predicted molar refractivity (Wildman–Crippen MR) is 136 cm³/mol. The van der Waals surface area contributed by atoms with E-state index in [9.17, 15) is 14.0 Å². The van der Waals surface area contributed by atoms with Crippen molar-refractivity contribution in [1.29, 1.82) is 0 Å². The minimum atomic E-state index is -0.610. The van der Waals surface area contributed by atoms with Crippen molar-refractivity contribution in [3.8, 4) is 11.5 Å². The molecule has 2 rings (SSSR count). The Kier molecular flexibility index (Phi) is 11.5. The van der Waals surface area contributed by atoms with Gasteiger partial charge in [-0.05, 0) is 75.4 Å². The molecule has 0 aliphatic rings. The quantitative estimate of drug-likeness (QED) is 0.395. The standard InChI is InChI=1S/C28H39FN2O4/c1-6-20(5)30-28(33)24(7-2)31(19-22-10-14-23(29)15-11-22)27(32)17-13-21-12-16-25(34-8-3)26(18-21)35-9-4/h10-12,14-16,18,20,24H,6-9,13,17,19H2,1-5H3,(H,30,33)/t20-,24-/m0/s1. The van der Waals surface area contributed by atoms with E-state index in [-0.39, 0.29) is 36.6 Å². The molecule has 7 heteroatoms. The van der Waals surface area contributed by atoms with E-state index in [1.165, 1.54) is 12.1 Å². The van der Waals surface area contributed by atoms with Gasteiger partial charge in [-0.25, -0.2) is 4.39 Å². The summed E-state index contributed by atoms with van der Waals surface area (Å²) in [5.74, 6) is 0.690. The molecule has 0 saturated carbocycles. The summed E-state index contributed by atoms with van der Waals surface area (Å²) >= 11 is 0. The normalized spacial score (nSPS) is 12.5. The molecule has 0 saturated heterocycles. The zero-order valence-corrected chi connectivity index (χ0v) is 21.6. The molecule has 0 radical (unpaired) electrons. The molecular formula is C28H39FN2O4. The second kappa shape index (κ2) is 14.3. The molecule has 6 nitrogen and oxygen atoms in total. The molecule has 0 heterocycles. The molecule has 2 aromatic rings. The Hall–Kier alpha value is -3.09. The summed E-state index contributed by atoms with van der Waals surface area (Å²) in [6, 6.07) is 11.1. The van der Waals surface area contributed by atoms with Crippen LogP contribution in [0.3, 0.4) is 0 Å². The van der Waals surface area contributed by atoms with E-state index >= 15 is 0 Å². The number of nitrogens with one attached hydrogen (secondary N) is 1. The van der Waals surface area contributed by atoms with E-state index in [0.717, 1.165) is 17.5 Å². The van der Waals surface area contributed by atoms with Gasteiger partial charge in [0, 0.05) is 19.0 Å². The third-order valence-electron chi connectivity index (χ3n) is 5.89. The van der Waals surface area contributed by atoms with Crippen LogP contribution in [0.15, 0.2) is 42.5 Å². The molecule has 1 N–H and O–H groups in total. The van der Waals surface area contributed by atoms with Crippen LogP contribution in [0.5, 0.6) is 11.5 Å². The maximum absolute atomic E-state index is 13.4. The fourth-order valence-electron chi connectivity index (χ4n) is 3.79. The van der Waals surface area contributed by atoms with Gasteiger partial charge >= 0.3 is 0 Å². The van der Waals surface area contributed by atoms with E-state index in [4.69, 9.17) is 9.47 Å². The predicted octanol–water partition coefficient (Wildman–Crippen LogP) is 5.28. The number of benzene rings is 2. The molecule has 0 spiro atoms. The van der Waals surface area contributed by atoms with Gasteiger partial charge in [0.05, 0.1) is 13.2 Å². The van der Waals surface area contributed by atoms with E-state index in [2.05, 4.69) is 5.32 Å². The first kappa shape index (κ1) is 28.1. The maximum Gasteiger partial charge on any atom is 0.243 e. The number of aryl methyl sites for hydroxylation is 1. The van der Waals surface area contributed by atoms with Gasteiger partial charge < -0.3 is 19.7 Å². The first-order valence-corrected chi connectivity index (χ1v) is 12.6. The highest BCUT2D eigenvalue weighted by Gasteiger charge is 2.29. The Balaban J connectivity index is 2.23. The van der Waals surface area contributed by atoms with Gasteiger partial charge in [-0.15, -0.1) is 0 Å². The van der Waals surface area contributed by atoms with Gasteiger partial charge in [0.2, 0.25) is 11.8 Å². The van der Waals surface area contributed by atoms with Crippen molar-refractivity contribution in [3.63, 3.8) is 0 Å². The second-order valence-corrected chi connectivity index (χ2v) is 8.54. The summed E-state index contributed by atoms with van der Waals surface area (Å²) in [5.41, 5.74) is 1.72. The Morgan fingerprint density at radius 2 is 1.54 bits per heavy atom. The summed E-state index contributed by atoms with van der Waals surface area (Å²) in [7, 11) is 0. The highest BCUT2D eigenvalue weighted by molar-refractivity contribution is 5.88. The Labute approximate surface area is 208 Å². The number of halogens is 1. The molecule has 0 bridgehead atoms. The van der Waals surface area contributed by atoms with Gasteiger partial charge in [0.1, 0.15) is 11.9 Å². The highest BCUT2D eigenvalue weighted by Crippen LogP contribution is 2.29. The summed E-state index contributed by atoms with van der Waals surface area (Å²) in [6.45, 7) is 10.9. The van der Waals surface area contributed by atoms with Crippen LogP contribution in [0.1, 0.15) is 65.0 Å². The van der Waals surface area contributed by atoms with Crippen molar-refractivity contribution in [2.75, 3.05) is 13.2 Å². The van der Waals surface area contributed by atoms with Crippen LogP contribution in [0.4, 0.5) is 4.39 Å². The fraction of sp³-hybridized carbons (Fsp3) is 0.500. The minimum Gasteiger partial charge on any atom is -0.490 e. The molecule has 0 aliphatic heterocycles. The average molecular weight is 487 g/mol. The van der Waals surface area contributed by atoms with Gasteiger partial charge in [0.25, 0.3) is 0 Å². The van der Waals surface area contributed by atoms with Gasteiger partial charge in [-0.1, -0.05) is 32.0 Å². The topological polar surface area (TPSA) is 67.9 Å². The van der Waals surface area contributed by atoms with Crippen molar-refractivity contribution < 1.29 is 23.5 Å². The van der Waals surface area contributed by atoms with Crippen molar-refractivity contribution in [2.45, 2.75) is 78.9 Å². The Morgan fingerprint density at radius 1 is 0.914 bits per heavy atom. The third kappa shape index (κ3) is 8.57. The first-order chi connectivity index (χ1) is 16.8. The van der Waals surface area contributed by atoms with Gasteiger partial charge in [-0.3, -0.25) is 9.59 Å². The first-order valence-electron chi connectivity index (χ1n) is 12.6. The maximum atomic E-state index is 13.4. The highest BCUT2D eigenvalue weighted by atomic mass is 19.1. The average Bonchev–Trinajstić information content (AvgIpc) is 2.85. The summed E-state index contributed by atoms with van der Waals surface area (Å²) in [6.07, 6.45) is 2.00. The SMILES string of the molecule is CCOc1ccc(CCC(=O)N(Cc2ccc(F)cc2)[C@@H](CC)C(=O)N[C@@H](C)CC)cc1OCC. The van der Waals surface area contributed by atoms with E-state index in [0.29, 0.717) is 37.6 Å². The second-order valence-electron chi connectivity index (χ2n) is 8.54. The summed E-state index contributed by atoms with van der Waals surface area (Å²) in [4.78, 5) is 28.1. The number of carbonyl (C=O) groups is 2. The monoisotopic (exact) mass is 486 g/mol. The lowest BCUT2D eigenvalue weighted by molar-refractivity contribution is -0.141. The summed E-state index contributed by atoms with van der Waals surface area (Å²) in [5, 5.41) is 3.00. The molecule has 0 aromatic heterocycles. The number of nitrogens with zero attached hydrogens (tertiary/aromatic N) is 1. The van der Waals surface area contributed by atoms with E-state index in [1.54, 1.807) is 17.0 Å². The number of rotatable bonds is 14. The van der Waals surface area contributed by atoms with Crippen LogP contribution in [0.2, 0.25) is 0 Å². The Morgan fingerprint density at radius 3 is 2.14 bits per heavy atom. The number of amides is 2. The van der Waals surface area contributed by atoms with Crippen molar-refractivity contribution in [3.05, 3.63) is 59.4 Å². The zero-order chi connectivity index (χ0) is 25.8. The molecular weight excluding hydrogens is 447 g/mol. The molecule has 0 fully saturated rings. The number of ether oxygens (including phenoxy) is 2. The molecule has 35 heavy (non-hydrogen) atoms. The molecule has 2 amide bonds. The van der Waals surface area contributed by atoms with Crippen LogP contribution < -0.4 is 14.8 Å². The lowest BCUT2D eigenvalue weighted by Crippen LogP contribution is -2.50. The van der Waals surface area contributed by atoms with Crippen molar-refractivity contribution in [1.82, 2.24) is 10.2 Å². The number of hydrogen-bond donors (Lipinski definition) is 1.